The molecule has 11 aromatic rings. The molecule has 0 radical (unpaired) electrons. The van der Waals surface area contributed by atoms with E-state index in [0.717, 1.165) is 34.4 Å². The third-order valence-electron chi connectivity index (χ3n) is 16.2. The van der Waals surface area contributed by atoms with Crippen LogP contribution in [0.5, 0.6) is 23.0 Å². The van der Waals surface area contributed by atoms with Crippen molar-refractivity contribution >= 4 is 139 Å². The minimum atomic E-state index is -0.379. The first kappa shape index (κ1) is 43.4. The van der Waals surface area contributed by atoms with Crippen LogP contribution in [0.1, 0.15) is 25.0 Å². The number of benzene rings is 11. The maximum atomic E-state index is 6.59. The maximum absolute atomic E-state index is 6.59. The summed E-state index contributed by atoms with van der Waals surface area (Å²) in [6.07, 6.45) is 0. The second-order valence-corrected chi connectivity index (χ2v) is 25.2. The van der Waals surface area contributed by atoms with Gasteiger partial charge >= 0.3 is 417 Å². The molecule has 0 unspecified atom stereocenters. The van der Waals surface area contributed by atoms with Crippen molar-refractivity contribution in [3.8, 4) is 34.1 Å². The molecule has 0 atom stereocenters. The molecule has 4 nitrogen and oxygen atoms in total. The van der Waals surface area contributed by atoms with Crippen molar-refractivity contribution in [3.63, 3.8) is 0 Å². The molecule has 0 saturated heterocycles. The molecule has 8 heteroatoms. The summed E-state index contributed by atoms with van der Waals surface area (Å²) < 4.78 is 19.0. The van der Waals surface area contributed by atoms with Crippen molar-refractivity contribution in [1.82, 2.24) is 0 Å². The molecule has 0 N–H and O–H groups in total. The molecule has 0 spiro atoms. The summed E-state index contributed by atoms with van der Waals surface area (Å²) in [5, 5.41) is 2.59. The Morgan fingerprint density at radius 1 is 0.400 bits per heavy atom. The molecule has 0 aromatic heterocycles. The van der Waals surface area contributed by atoms with Gasteiger partial charge in [0.25, 0.3) is 0 Å². The molecule has 1 aliphatic carbocycles. The Kier molecular flexibility index (Phi) is 9.57. The van der Waals surface area contributed by atoms with Gasteiger partial charge in [0, 0.05) is 0 Å². The Morgan fingerprint density at radius 2 is 1.01 bits per heavy atom. The summed E-state index contributed by atoms with van der Waals surface area (Å²) in [6.45, 7) is 4.93. The summed E-state index contributed by atoms with van der Waals surface area (Å²) in [4.78, 5) is 5.21. The molecule has 11 aromatic carbocycles. The van der Waals surface area contributed by atoms with Gasteiger partial charge in [0.05, 0.1) is 0 Å². The molecule has 75 heavy (non-hydrogen) atoms. The fourth-order valence-corrected chi connectivity index (χ4v) is 18.7. The minimum absolute atomic E-state index is 0.0113. The van der Waals surface area contributed by atoms with Crippen molar-refractivity contribution in [2.75, 3.05) is 9.80 Å². The van der Waals surface area contributed by atoms with E-state index in [9.17, 15) is 0 Å². The molecule has 0 amide bonds. The van der Waals surface area contributed by atoms with Gasteiger partial charge in [0.15, 0.2) is 0 Å². The van der Waals surface area contributed by atoms with Crippen LogP contribution in [0.15, 0.2) is 231 Å². The first-order chi connectivity index (χ1) is 36.9. The Labute approximate surface area is 450 Å². The van der Waals surface area contributed by atoms with Crippen molar-refractivity contribution in [2.24, 2.45) is 0 Å². The van der Waals surface area contributed by atoms with Gasteiger partial charge in [0.1, 0.15) is 5.75 Å². The van der Waals surface area contributed by atoms with Crippen molar-refractivity contribution in [3.05, 3.63) is 242 Å². The monoisotopic (exact) mass is 1090 g/mol. The van der Waals surface area contributed by atoms with Gasteiger partial charge in [-0.1, -0.05) is 18.2 Å². The summed E-state index contributed by atoms with van der Waals surface area (Å²) >= 11 is 0.168. The Morgan fingerprint density at radius 3 is 1.75 bits per heavy atom. The standard InChI is InChI=1S/C67H44B2N2O2Se2/c1-67(2)51-37-47(73-45-25-13-6-14-26-45)32-34-49(51)50-38-58-63-65(62(50)67)71(43-21-9-4-10-22-43)56-29-17-15-27-52(56)68(63)54-39-55-60(40-57(54)70(58)42-19-7-3-8-20-42)75-66-48-33-31-46(72-44-23-11-5-12-24-44)35-41(48)36-61-64(66)69(55)53-28-16-18-30-59(53)74-61/h3-40H,1-2H3. The van der Waals surface area contributed by atoms with Crippen LogP contribution in [0.25, 0.3) is 21.9 Å². The SMILES string of the molecule is CC1(C)c2cc(Oc3ccccc3)ccc2-c2cc3c4c(c21)N(c1ccccc1)c1ccccc1B4c1cc2c(cc1N3c1ccccc1)[Se]c1c3c(cc4cc(Oc5ccccc5)ccc14)[Se]c1ccccc1B23. The molecule has 5 aliphatic rings. The van der Waals surface area contributed by atoms with Gasteiger partial charge in [-0.2, -0.15) is 0 Å². The van der Waals surface area contributed by atoms with Gasteiger partial charge in [0.2, 0.25) is 0 Å². The van der Waals surface area contributed by atoms with Crippen LogP contribution in [0.2, 0.25) is 0 Å². The quantitative estimate of drug-likeness (QED) is 0.155. The number of para-hydroxylation sites is 5. The van der Waals surface area contributed by atoms with Crippen molar-refractivity contribution in [1.29, 1.82) is 0 Å². The van der Waals surface area contributed by atoms with E-state index in [4.69, 9.17) is 9.47 Å². The van der Waals surface area contributed by atoms with Crippen LogP contribution in [0, 0.1) is 0 Å². The van der Waals surface area contributed by atoms with E-state index in [2.05, 4.69) is 194 Å². The average Bonchev–Trinajstić information content (AvgIpc) is 3.90. The average molecular weight is 1090 g/mol. The van der Waals surface area contributed by atoms with Gasteiger partial charge in [-0.15, -0.1) is 0 Å². The molecule has 4 heterocycles. The van der Waals surface area contributed by atoms with E-state index in [1.165, 1.54) is 106 Å². The Bertz CT molecular complexity index is 4190. The number of rotatable bonds is 6. The van der Waals surface area contributed by atoms with E-state index in [-0.39, 0.29) is 48.8 Å². The van der Waals surface area contributed by atoms with E-state index in [0.29, 0.717) is 0 Å². The molecule has 0 bridgehead atoms. The molecular formula is C67H44B2N2O2Se2. The third-order valence-corrected chi connectivity index (χ3v) is 21.1. The van der Waals surface area contributed by atoms with E-state index in [1.807, 2.05) is 60.7 Å². The zero-order valence-corrected chi connectivity index (χ0v) is 44.5. The number of hydrogen-bond donors (Lipinski definition) is 0. The fraction of sp³-hybridized carbons (Fsp3) is 0.0448. The number of fused-ring (bicyclic) bond motifs is 14. The summed E-state index contributed by atoms with van der Waals surface area (Å²) in [7, 11) is 0. The predicted octanol–water partition coefficient (Wildman–Crippen LogP) is 9.27. The first-order valence-electron chi connectivity index (χ1n) is 25.8. The van der Waals surface area contributed by atoms with E-state index in [1.54, 1.807) is 0 Å². The van der Waals surface area contributed by atoms with Crippen LogP contribution < -0.4 is 69.9 Å². The second kappa shape index (κ2) is 16.5. The molecule has 0 saturated carbocycles. The zero-order valence-electron chi connectivity index (χ0n) is 41.1. The molecule has 0 fully saturated rings. The van der Waals surface area contributed by atoms with Gasteiger partial charge in [-0.3, -0.25) is 0 Å². The van der Waals surface area contributed by atoms with Crippen LogP contribution in [0.3, 0.4) is 0 Å². The zero-order chi connectivity index (χ0) is 49.5. The second-order valence-electron chi connectivity index (χ2n) is 20.7. The van der Waals surface area contributed by atoms with Crippen molar-refractivity contribution < 1.29 is 9.47 Å². The number of nitrogens with zero attached hydrogens (tertiary/aromatic N) is 2. The molecule has 4 aliphatic heterocycles. The first-order valence-corrected chi connectivity index (χ1v) is 29.2. The summed E-state index contributed by atoms with van der Waals surface area (Å²) in [5.74, 6) is 3.39. The van der Waals surface area contributed by atoms with Gasteiger partial charge in [-0.25, -0.2) is 0 Å². The van der Waals surface area contributed by atoms with Crippen LogP contribution >= 0.6 is 0 Å². The number of hydrogen-bond acceptors (Lipinski definition) is 4. The van der Waals surface area contributed by atoms with Gasteiger partial charge < -0.3 is 0 Å². The van der Waals surface area contributed by atoms with Crippen LogP contribution in [-0.2, 0) is 5.41 Å². The third kappa shape index (κ3) is 6.51. The normalized spacial score (nSPS) is 14.4. The summed E-state index contributed by atoms with van der Waals surface area (Å²) in [6, 6.07) is 85.0. The Balaban J connectivity index is 0.961. The fourth-order valence-electron chi connectivity index (χ4n) is 13.0. The van der Waals surface area contributed by atoms with Crippen LogP contribution in [0.4, 0.5) is 34.1 Å². The topological polar surface area (TPSA) is 24.9 Å². The number of ether oxygens (including phenoxy) is 2. The van der Waals surface area contributed by atoms with E-state index < -0.39 is 0 Å². The molecule has 16 rings (SSSR count). The number of anilines is 6. The van der Waals surface area contributed by atoms with Crippen molar-refractivity contribution in [2.45, 2.75) is 19.3 Å². The summed E-state index contributed by atoms with van der Waals surface area (Å²) in [5.41, 5.74) is 20.5. The molecule has 352 valence electrons. The Hall–Kier alpha value is -7.95. The predicted molar refractivity (Wildman–Crippen MR) is 316 cm³/mol. The van der Waals surface area contributed by atoms with Crippen LogP contribution in [-0.4, -0.2) is 43.3 Å². The van der Waals surface area contributed by atoms with E-state index >= 15 is 0 Å². The molecular weight excluding hydrogens is 1040 g/mol. The van der Waals surface area contributed by atoms with Gasteiger partial charge in [-0.05, 0) is 12.1 Å².